The predicted octanol–water partition coefficient (Wildman–Crippen LogP) is 0.448. The van der Waals surface area contributed by atoms with Crippen LogP contribution in [-0.4, -0.2) is 84.6 Å². The lowest BCUT2D eigenvalue weighted by atomic mass is 10.0. The Bertz CT molecular complexity index is 1290. The number of oxime groups is 1. The number of nitrogens with zero attached hydrogens (tertiary/aromatic N) is 5. The van der Waals surface area contributed by atoms with Gasteiger partial charge in [0.25, 0.3) is 11.8 Å². The van der Waals surface area contributed by atoms with Crippen molar-refractivity contribution in [2.75, 3.05) is 23.4 Å². The van der Waals surface area contributed by atoms with Gasteiger partial charge in [-0.3, -0.25) is 19.3 Å². The second-order valence-electron chi connectivity index (χ2n) is 6.83. The van der Waals surface area contributed by atoms with Crippen LogP contribution in [0.1, 0.15) is 5.69 Å². The summed E-state index contributed by atoms with van der Waals surface area (Å²) in [6.45, 7) is -0.209. The van der Waals surface area contributed by atoms with Crippen LogP contribution in [0.15, 0.2) is 31.7 Å². The van der Waals surface area contributed by atoms with Gasteiger partial charge in [-0.1, -0.05) is 34.2 Å². The summed E-state index contributed by atoms with van der Waals surface area (Å²) in [7, 11) is 0. The van der Waals surface area contributed by atoms with Crippen LogP contribution in [-0.2, 0) is 24.0 Å². The number of aromatic nitrogens is 3. The lowest BCUT2D eigenvalue weighted by Crippen LogP contribution is -2.71. The van der Waals surface area contributed by atoms with Crippen LogP contribution < -0.4 is 10.6 Å². The summed E-state index contributed by atoms with van der Waals surface area (Å²) in [5.41, 5.74) is 1.90. The molecule has 3 amide bonds. The molecule has 2 aromatic rings. The Morgan fingerprint density at radius 1 is 1.44 bits per heavy atom. The molecule has 13 nitrogen and oxygen atoms in total. The number of aliphatic carboxylic acids is 1. The first kappa shape index (κ1) is 25.6. The van der Waals surface area contributed by atoms with Crippen molar-refractivity contribution in [2.24, 2.45) is 5.16 Å². The van der Waals surface area contributed by atoms with Crippen molar-refractivity contribution in [2.45, 2.75) is 15.8 Å². The van der Waals surface area contributed by atoms with E-state index >= 15 is 0 Å². The Kier molecular flexibility index (Phi) is 8.20. The summed E-state index contributed by atoms with van der Waals surface area (Å²) < 4.78 is 0.687. The largest absolute Gasteiger partial charge is 0.477 e. The number of carboxylic acids is 1. The number of anilines is 1. The number of hydrogen-bond acceptors (Lipinski definition) is 13. The molecule has 2 aromatic heterocycles. The highest BCUT2D eigenvalue weighted by Gasteiger charge is 2.54. The second kappa shape index (κ2) is 11.5. The first-order valence-corrected chi connectivity index (χ1v) is 13.6. The third-order valence-electron chi connectivity index (χ3n) is 4.69. The van der Waals surface area contributed by atoms with E-state index in [1.165, 1.54) is 45.1 Å². The molecule has 0 bridgehead atoms. The number of terminal acetylenes is 1. The van der Waals surface area contributed by atoms with E-state index in [0.29, 0.717) is 27.8 Å². The maximum Gasteiger partial charge on any atom is 0.352 e. The van der Waals surface area contributed by atoms with Gasteiger partial charge in [0.15, 0.2) is 21.8 Å². The maximum atomic E-state index is 13.0. The van der Waals surface area contributed by atoms with Crippen LogP contribution in [0.2, 0.25) is 0 Å². The zero-order valence-electron chi connectivity index (χ0n) is 17.9. The standard InChI is InChI=1S/C19H15N7O6S4/c1-2-3-32-25-11(10-6-34-18(22-10)20-7-27)14(28)23-12-15(29)26-13(17(30)31)9(4-33-16(12)26)5-35-19-24-21-8-36-19/h1,6-8,12,16H,3-5H2,(H,23,28)(H,30,31)(H,20,22,27)/t12?,16-/m1/s1. The molecule has 2 atom stereocenters. The monoisotopic (exact) mass is 565 g/mol. The fraction of sp³-hybridized carbons (Fsp3) is 0.263. The van der Waals surface area contributed by atoms with E-state index in [4.69, 9.17) is 11.3 Å². The van der Waals surface area contributed by atoms with Gasteiger partial charge in [-0.15, -0.1) is 39.7 Å². The lowest BCUT2D eigenvalue weighted by molar-refractivity contribution is -0.150. The minimum Gasteiger partial charge on any atom is -0.477 e. The van der Waals surface area contributed by atoms with Crippen LogP contribution in [0.5, 0.6) is 0 Å². The van der Waals surface area contributed by atoms with E-state index in [1.54, 1.807) is 5.51 Å². The summed E-state index contributed by atoms with van der Waals surface area (Å²) in [5.74, 6) is 0.337. The van der Waals surface area contributed by atoms with Gasteiger partial charge < -0.3 is 20.6 Å². The number of thioether (sulfide) groups is 2. The van der Waals surface area contributed by atoms with Gasteiger partial charge >= 0.3 is 5.97 Å². The molecular weight excluding hydrogens is 551 g/mol. The van der Waals surface area contributed by atoms with Gasteiger partial charge in [0.1, 0.15) is 28.3 Å². The number of fused-ring (bicyclic) bond motifs is 1. The molecule has 17 heteroatoms. The van der Waals surface area contributed by atoms with E-state index in [2.05, 4.69) is 36.9 Å². The lowest BCUT2D eigenvalue weighted by Gasteiger charge is -2.49. The van der Waals surface area contributed by atoms with Crippen molar-refractivity contribution in [3.8, 4) is 12.3 Å². The molecule has 0 spiro atoms. The molecule has 0 aromatic carbocycles. The third kappa shape index (κ3) is 5.36. The van der Waals surface area contributed by atoms with Crippen LogP contribution in [0, 0.1) is 12.3 Å². The molecule has 0 aliphatic carbocycles. The molecule has 186 valence electrons. The van der Waals surface area contributed by atoms with E-state index in [-0.39, 0.29) is 28.8 Å². The number of carboxylic acid groups (broad SMARTS) is 1. The fourth-order valence-electron chi connectivity index (χ4n) is 3.22. The number of hydrogen-bond donors (Lipinski definition) is 3. The first-order chi connectivity index (χ1) is 17.4. The summed E-state index contributed by atoms with van der Waals surface area (Å²) in [6, 6.07) is -0.988. The molecule has 0 radical (unpaired) electrons. The van der Waals surface area contributed by atoms with E-state index in [9.17, 15) is 24.3 Å². The van der Waals surface area contributed by atoms with Crippen LogP contribution in [0.4, 0.5) is 5.13 Å². The highest BCUT2D eigenvalue weighted by Crippen LogP contribution is 2.41. The Hall–Kier alpha value is -3.46. The normalized spacial score (nSPS) is 19.1. The molecule has 1 fully saturated rings. The number of carbonyl (C=O) groups is 4. The minimum absolute atomic E-state index is 0.0958. The molecule has 2 aliphatic rings. The average molecular weight is 566 g/mol. The van der Waals surface area contributed by atoms with Gasteiger partial charge in [-0.05, 0) is 5.57 Å². The number of nitrogens with one attached hydrogen (secondary N) is 2. The SMILES string of the molecule is C#CCON=C(C(=O)NC1C(=O)N2C(C(=O)O)=C(CSc3nncs3)CS[C@H]12)c1csc(NC=O)n1. The van der Waals surface area contributed by atoms with Crippen LogP contribution >= 0.6 is 46.2 Å². The topological polar surface area (TPSA) is 176 Å². The Balaban J connectivity index is 1.49. The number of carbonyl (C=O) groups excluding carboxylic acids is 3. The van der Waals surface area contributed by atoms with Crippen molar-refractivity contribution >= 4 is 81.2 Å². The highest BCUT2D eigenvalue weighted by atomic mass is 32.2. The molecule has 4 rings (SSSR count). The van der Waals surface area contributed by atoms with Crippen LogP contribution in [0.3, 0.4) is 0 Å². The average Bonchev–Trinajstić information content (AvgIpc) is 3.55. The Morgan fingerprint density at radius 2 is 2.28 bits per heavy atom. The van der Waals surface area contributed by atoms with Crippen molar-refractivity contribution in [3.63, 3.8) is 0 Å². The quantitative estimate of drug-likeness (QED) is 0.0656. The van der Waals surface area contributed by atoms with Gasteiger partial charge in [0.05, 0.1) is 0 Å². The summed E-state index contributed by atoms with van der Waals surface area (Å²) in [5, 5.41) is 27.3. The van der Waals surface area contributed by atoms with Gasteiger partial charge in [-0.2, -0.15) is 0 Å². The zero-order valence-corrected chi connectivity index (χ0v) is 21.2. The number of β-lactam (4-membered cyclic amide) rings is 1. The molecule has 4 heterocycles. The highest BCUT2D eigenvalue weighted by molar-refractivity contribution is 8.01. The number of rotatable bonds is 11. The maximum absolute atomic E-state index is 13.0. The van der Waals surface area contributed by atoms with Crippen molar-refractivity contribution in [3.05, 3.63) is 27.9 Å². The van der Waals surface area contributed by atoms with Gasteiger partial charge in [-0.25, -0.2) is 9.78 Å². The molecule has 3 N–H and O–H groups in total. The molecule has 1 saturated heterocycles. The minimum atomic E-state index is -1.23. The van der Waals surface area contributed by atoms with Crippen molar-refractivity contribution < 1.29 is 29.1 Å². The van der Waals surface area contributed by atoms with Crippen LogP contribution in [0.25, 0.3) is 0 Å². The Labute approximate surface area is 219 Å². The smallest absolute Gasteiger partial charge is 0.352 e. The summed E-state index contributed by atoms with van der Waals surface area (Å²) >= 11 is 5.06. The van der Waals surface area contributed by atoms with Gasteiger partial charge in [0.2, 0.25) is 6.41 Å². The van der Waals surface area contributed by atoms with Crippen molar-refractivity contribution in [1.29, 1.82) is 0 Å². The Morgan fingerprint density at radius 3 is 2.97 bits per heavy atom. The van der Waals surface area contributed by atoms with E-state index < -0.39 is 29.2 Å². The number of amides is 3. The molecule has 36 heavy (non-hydrogen) atoms. The molecular formula is C19H15N7O6S4. The molecule has 2 aliphatic heterocycles. The number of thiazole rings is 1. The molecule has 1 unspecified atom stereocenters. The third-order valence-corrected chi connectivity index (χ3v) is 8.75. The summed E-state index contributed by atoms with van der Waals surface area (Å²) in [4.78, 5) is 58.9. The fourth-order valence-corrected chi connectivity index (χ4v) is 6.84. The van der Waals surface area contributed by atoms with Gasteiger partial charge in [0, 0.05) is 16.9 Å². The summed E-state index contributed by atoms with van der Waals surface area (Å²) in [6.07, 6.45) is 5.59. The van der Waals surface area contributed by atoms with Crippen molar-refractivity contribution in [1.82, 2.24) is 25.4 Å². The first-order valence-electron chi connectivity index (χ1n) is 9.84. The molecule has 0 saturated carbocycles. The van der Waals surface area contributed by atoms with E-state index in [0.717, 1.165) is 11.3 Å². The zero-order chi connectivity index (χ0) is 25.7. The predicted molar refractivity (Wildman–Crippen MR) is 133 cm³/mol. The second-order valence-corrected chi connectivity index (χ2v) is 10.8. The van der Waals surface area contributed by atoms with E-state index in [1.807, 2.05) is 0 Å².